The van der Waals surface area contributed by atoms with Gasteiger partial charge in [0.1, 0.15) is 16.5 Å². The zero-order valence-corrected chi connectivity index (χ0v) is 13.4. The highest BCUT2D eigenvalue weighted by Crippen LogP contribution is 2.36. The van der Waals surface area contributed by atoms with E-state index in [0.717, 1.165) is 11.1 Å². The molecular weight excluding hydrogens is 328 g/mol. The summed E-state index contributed by atoms with van der Waals surface area (Å²) in [5, 5.41) is 20.0. The summed E-state index contributed by atoms with van der Waals surface area (Å²) < 4.78 is 0.337. The van der Waals surface area contributed by atoms with Gasteiger partial charge in [0, 0.05) is 16.1 Å². The minimum atomic E-state index is 0.137. The lowest BCUT2D eigenvalue weighted by atomic mass is 9.97. The number of phenolic OH excluding ortho intramolecular Hbond substituents is 1. The fourth-order valence-electron chi connectivity index (χ4n) is 2.37. The van der Waals surface area contributed by atoms with Gasteiger partial charge in [-0.2, -0.15) is 5.26 Å². The number of hydrogen-bond acceptors (Lipinski definition) is 3. The van der Waals surface area contributed by atoms with E-state index in [0.29, 0.717) is 26.5 Å². The van der Waals surface area contributed by atoms with Crippen molar-refractivity contribution in [1.82, 2.24) is 4.98 Å². The first-order valence-electron chi connectivity index (χ1n) is 6.82. The standard InChI is InChI=1S/C18H11ClN2OS/c19-13-7-5-11(6-8-13)15-9-12(10-20)18(23)21-17(15)14-3-1-2-4-16(14)22/h1-9,22H,(H,21,23). The zero-order valence-electron chi connectivity index (χ0n) is 11.9. The van der Waals surface area contributed by atoms with Crippen molar-refractivity contribution in [3.8, 4) is 34.2 Å². The van der Waals surface area contributed by atoms with Crippen molar-refractivity contribution < 1.29 is 5.11 Å². The van der Waals surface area contributed by atoms with Crippen molar-refractivity contribution in [2.75, 3.05) is 0 Å². The third-order valence-electron chi connectivity index (χ3n) is 3.49. The number of nitrogens with zero attached hydrogens (tertiary/aromatic N) is 1. The second-order valence-electron chi connectivity index (χ2n) is 4.94. The van der Waals surface area contributed by atoms with Crippen molar-refractivity contribution in [3.63, 3.8) is 0 Å². The highest BCUT2D eigenvalue weighted by Gasteiger charge is 2.13. The van der Waals surface area contributed by atoms with Crippen molar-refractivity contribution in [3.05, 3.63) is 69.8 Å². The fourth-order valence-corrected chi connectivity index (χ4v) is 2.70. The number of aromatic amines is 1. The lowest BCUT2D eigenvalue weighted by Crippen LogP contribution is -1.93. The first-order valence-corrected chi connectivity index (χ1v) is 7.60. The summed E-state index contributed by atoms with van der Waals surface area (Å²) in [7, 11) is 0. The number of nitrogens with one attached hydrogen (secondary N) is 1. The predicted molar refractivity (Wildman–Crippen MR) is 93.9 cm³/mol. The molecule has 3 aromatic rings. The molecule has 2 N–H and O–H groups in total. The third kappa shape index (κ3) is 2.98. The van der Waals surface area contributed by atoms with Gasteiger partial charge in [0.2, 0.25) is 0 Å². The quantitative estimate of drug-likeness (QED) is 0.622. The molecule has 3 nitrogen and oxygen atoms in total. The molecule has 0 fully saturated rings. The predicted octanol–water partition coefficient (Wildman–Crippen LogP) is 5.31. The molecule has 1 heterocycles. The Morgan fingerprint density at radius 1 is 1.04 bits per heavy atom. The van der Waals surface area contributed by atoms with Crippen LogP contribution in [0, 0.1) is 16.0 Å². The molecule has 5 heteroatoms. The van der Waals surface area contributed by atoms with Gasteiger partial charge in [-0.25, -0.2) is 0 Å². The van der Waals surface area contributed by atoms with Crippen LogP contribution in [-0.4, -0.2) is 10.1 Å². The summed E-state index contributed by atoms with van der Waals surface area (Å²) in [6.07, 6.45) is 0. The Morgan fingerprint density at radius 3 is 2.39 bits per heavy atom. The van der Waals surface area contributed by atoms with Crippen LogP contribution in [0.3, 0.4) is 0 Å². The van der Waals surface area contributed by atoms with Crippen LogP contribution in [0.1, 0.15) is 5.56 Å². The molecule has 0 saturated heterocycles. The Hall–Kier alpha value is -2.61. The van der Waals surface area contributed by atoms with Gasteiger partial charge in [0.25, 0.3) is 0 Å². The third-order valence-corrected chi connectivity index (χ3v) is 4.06. The molecule has 0 spiro atoms. The molecule has 2 aromatic carbocycles. The van der Waals surface area contributed by atoms with Gasteiger partial charge in [-0.3, -0.25) is 0 Å². The first kappa shape index (κ1) is 15.3. The fraction of sp³-hybridized carbons (Fsp3) is 0. The second-order valence-corrected chi connectivity index (χ2v) is 5.78. The van der Waals surface area contributed by atoms with Crippen molar-refractivity contribution in [2.24, 2.45) is 0 Å². The smallest absolute Gasteiger partial charge is 0.124 e. The summed E-state index contributed by atoms with van der Waals surface area (Å²) in [5.41, 5.74) is 3.30. The number of aromatic nitrogens is 1. The molecule has 0 aliphatic carbocycles. The maximum absolute atomic E-state index is 10.2. The molecule has 0 unspecified atom stereocenters. The Bertz CT molecular complexity index is 972. The number of halogens is 1. The highest BCUT2D eigenvalue weighted by molar-refractivity contribution is 7.71. The molecule has 23 heavy (non-hydrogen) atoms. The molecule has 1 aromatic heterocycles. The van der Waals surface area contributed by atoms with Gasteiger partial charge in [-0.1, -0.05) is 48.1 Å². The molecule has 112 valence electrons. The topological polar surface area (TPSA) is 59.8 Å². The number of aromatic hydroxyl groups is 1. The van der Waals surface area contributed by atoms with Crippen LogP contribution in [0.25, 0.3) is 22.4 Å². The van der Waals surface area contributed by atoms with Gasteiger partial charge in [0.15, 0.2) is 0 Å². The molecule has 0 bridgehead atoms. The average Bonchev–Trinajstić information content (AvgIpc) is 2.56. The zero-order chi connectivity index (χ0) is 16.4. The number of para-hydroxylation sites is 1. The van der Waals surface area contributed by atoms with Crippen LogP contribution in [0.15, 0.2) is 54.6 Å². The van der Waals surface area contributed by atoms with Crippen LogP contribution >= 0.6 is 23.8 Å². The maximum Gasteiger partial charge on any atom is 0.124 e. The number of benzene rings is 2. The summed E-state index contributed by atoms with van der Waals surface area (Å²) >= 11 is 11.2. The Balaban J connectivity index is 2.33. The summed E-state index contributed by atoms with van der Waals surface area (Å²) in [5.74, 6) is 0.137. The van der Waals surface area contributed by atoms with E-state index in [9.17, 15) is 10.4 Å². The van der Waals surface area contributed by atoms with Gasteiger partial charge in [0.05, 0.1) is 11.3 Å². The van der Waals surface area contributed by atoms with E-state index in [1.807, 2.05) is 18.2 Å². The van der Waals surface area contributed by atoms with Crippen LogP contribution < -0.4 is 0 Å². The number of pyridine rings is 1. The van der Waals surface area contributed by atoms with E-state index in [2.05, 4.69) is 11.1 Å². The van der Waals surface area contributed by atoms with Crippen LogP contribution in [0.5, 0.6) is 5.75 Å². The Kier molecular flexibility index (Phi) is 4.16. The minimum Gasteiger partial charge on any atom is -0.507 e. The van der Waals surface area contributed by atoms with Gasteiger partial charge >= 0.3 is 0 Å². The molecule has 0 radical (unpaired) electrons. The average molecular weight is 339 g/mol. The van der Waals surface area contributed by atoms with E-state index in [1.165, 1.54) is 0 Å². The molecule has 0 atom stereocenters. The second kappa shape index (κ2) is 6.25. The number of phenols is 1. The number of H-pyrrole nitrogens is 1. The van der Waals surface area contributed by atoms with Gasteiger partial charge < -0.3 is 10.1 Å². The van der Waals surface area contributed by atoms with Crippen LogP contribution in [0.2, 0.25) is 5.02 Å². The van der Waals surface area contributed by atoms with Crippen molar-refractivity contribution >= 4 is 23.8 Å². The monoisotopic (exact) mass is 338 g/mol. The Morgan fingerprint density at radius 2 is 1.74 bits per heavy atom. The number of hydrogen-bond donors (Lipinski definition) is 2. The number of rotatable bonds is 2. The van der Waals surface area contributed by atoms with E-state index < -0.39 is 0 Å². The summed E-state index contributed by atoms with van der Waals surface area (Å²) in [6, 6.07) is 18.1. The van der Waals surface area contributed by atoms with Crippen LogP contribution in [-0.2, 0) is 0 Å². The lowest BCUT2D eigenvalue weighted by molar-refractivity contribution is 0.477. The van der Waals surface area contributed by atoms with Crippen molar-refractivity contribution in [2.45, 2.75) is 0 Å². The van der Waals surface area contributed by atoms with Crippen LogP contribution in [0.4, 0.5) is 0 Å². The molecule has 0 saturated carbocycles. The summed E-state index contributed by atoms with van der Waals surface area (Å²) in [6.45, 7) is 0. The van der Waals surface area contributed by atoms with Gasteiger partial charge in [-0.15, -0.1) is 0 Å². The van der Waals surface area contributed by atoms with E-state index in [1.54, 1.807) is 36.4 Å². The number of nitriles is 1. The molecule has 0 aliphatic heterocycles. The molecular formula is C18H11ClN2OS. The first-order chi connectivity index (χ1) is 11.1. The minimum absolute atomic E-state index is 0.137. The normalized spacial score (nSPS) is 10.3. The molecule has 3 rings (SSSR count). The SMILES string of the molecule is N#Cc1cc(-c2ccc(Cl)cc2)c(-c2ccccc2O)[nH]c1=S. The lowest BCUT2D eigenvalue weighted by Gasteiger charge is -2.12. The summed E-state index contributed by atoms with van der Waals surface area (Å²) in [4.78, 5) is 3.06. The van der Waals surface area contributed by atoms with Gasteiger partial charge in [-0.05, 0) is 35.9 Å². The molecule has 0 amide bonds. The Labute approximate surface area is 143 Å². The van der Waals surface area contributed by atoms with E-state index >= 15 is 0 Å². The highest BCUT2D eigenvalue weighted by atomic mass is 35.5. The molecule has 0 aliphatic rings. The van der Waals surface area contributed by atoms with E-state index in [4.69, 9.17) is 23.8 Å². The maximum atomic E-state index is 10.2. The van der Waals surface area contributed by atoms with E-state index in [-0.39, 0.29) is 5.75 Å². The van der Waals surface area contributed by atoms with Crippen molar-refractivity contribution in [1.29, 1.82) is 5.26 Å². The largest absolute Gasteiger partial charge is 0.507 e.